The Morgan fingerprint density at radius 2 is 2.09 bits per heavy atom. The zero-order valence-electron chi connectivity index (χ0n) is 6.61. The third-order valence-corrected chi connectivity index (χ3v) is 2.69. The quantitative estimate of drug-likeness (QED) is 0.637. The van der Waals surface area contributed by atoms with Gasteiger partial charge < -0.3 is 10.3 Å². The molecule has 0 spiro atoms. The summed E-state index contributed by atoms with van der Waals surface area (Å²) in [6.07, 6.45) is 1.52. The lowest BCUT2D eigenvalue weighted by Gasteiger charge is -2.04. The summed E-state index contributed by atoms with van der Waals surface area (Å²) in [7, 11) is -2.20. The van der Waals surface area contributed by atoms with Gasteiger partial charge in [-0.2, -0.15) is 0 Å². The summed E-state index contributed by atoms with van der Waals surface area (Å²) >= 11 is 0. The molecule has 0 saturated carbocycles. The number of aromatic nitrogens is 1. The molecule has 1 heterocycles. The highest BCUT2D eigenvalue weighted by molar-refractivity contribution is 7.69. The molecule has 0 atom stereocenters. The van der Waals surface area contributed by atoms with Gasteiger partial charge in [0.15, 0.2) is 0 Å². The first kappa shape index (κ1) is 8.28. The average molecular weight is 170 g/mol. The molecule has 0 aliphatic carbocycles. The maximum Gasteiger partial charge on any atom is 0.127 e. The summed E-state index contributed by atoms with van der Waals surface area (Å²) in [6.45, 7) is 3.37. The van der Waals surface area contributed by atoms with E-state index in [1.807, 2.05) is 0 Å². The van der Waals surface area contributed by atoms with Crippen LogP contribution in [0.4, 0.5) is 5.69 Å². The predicted molar refractivity (Wildman–Crippen MR) is 47.7 cm³/mol. The van der Waals surface area contributed by atoms with Gasteiger partial charge in [0.1, 0.15) is 7.14 Å². The normalized spacial score (nSPS) is 11.5. The number of hydrogen-bond donors (Lipinski definition) is 1. The summed E-state index contributed by atoms with van der Waals surface area (Å²) in [5.41, 5.74) is 6.65. The summed E-state index contributed by atoms with van der Waals surface area (Å²) in [5.74, 6) is 0. The van der Waals surface area contributed by atoms with Crippen molar-refractivity contribution in [2.45, 2.75) is 0 Å². The van der Waals surface area contributed by atoms with Crippen LogP contribution in [-0.4, -0.2) is 18.3 Å². The Bertz CT molecular complexity index is 288. The van der Waals surface area contributed by atoms with Gasteiger partial charge in [0.25, 0.3) is 0 Å². The van der Waals surface area contributed by atoms with Crippen LogP contribution >= 0.6 is 7.14 Å². The molecule has 1 rings (SSSR count). The topological polar surface area (TPSA) is 56.0 Å². The first-order valence-corrected chi connectivity index (χ1v) is 5.87. The predicted octanol–water partition coefficient (Wildman–Crippen LogP) is 0.912. The standard InChI is InChI=1S/C7H11N2OP/c1-11(2,10)7-4-3-6(8)5-9-7/h3-5H,8H2,1-2H3. The molecule has 0 amide bonds. The van der Waals surface area contributed by atoms with Gasteiger partial charge in [-0.25, -0.2) is 0 Å². The van der Waals surface area contributed by atoms with Crippen LogP contribution in [0.5, 0.6) is 0 Å². The van der Waals surface area contributed by atoms with Crippen LogP contribution in [-0.2, 0) is 4.57 Å². The van der Waals surface area contributed by atoms with E-state index >= 15 is 0 Å². The minimum absolute atomic E-state index is 0.599. The van der Waals surface area contributed by atoms with E-state index in [1.54, 1.807) is 25.5 Å². The number of anilines is 1. The van der Waals surface area contributed by atoms with Gasteiger partial charge in [-0.05, 0) is 25.5 Å². The molecule has 0 fully saturated rings. The van der Waals surface area contributed by atoms with Gasteiger partial charge in [0, 0.05) is 0 Å². The van der Waals surface area contributed by atoms with Crippen LogP contribution in [0.3, 0.4) is 0 Å². The lowest BCUT2D eigenvalue weighted by molar-refractivity contribution is 0.588. The van der Waals surface area contributed by atoms with E-state index in [-0.39, 0.29) is 0 Å². The maximum atomic E-state index is 11.4. The number of rotatable bonds is 1. The van der Waals surface area contributed by atoms with Crippen LogP contribution in [0.15, 0.2) is 18.3 Å². The maximum absolute atomic E-state index is 11.4. The van der Waals surface area contributed by atoms with Gasteiger partial charge in [-0.15, -0.1) is 0 Å². The zero-order chi connectivity index (χ0) is 8.48. The van der Waals surface area contributed by atoms with Gasteiger partial charge in [-0.1, -0.05) is 0 Å². The van der Waals surface area contributed by atoms with E-state index in [0.29, 0.717) is 11.1 Å². The fourth-order valence-corrected chi connectivity index (χ4v) is 1.49. The largest absolute Gasteiger partial charge is 0.397 e. The number of nitrogens with zero attached hydrogens (tertiary/aromatic N) is 1. The van der Waals surface area contributed by atoms with Gasteiger partial charge in [-0.3, -0.25) is 4.98 Å². The van der Waals surface area contributed by atoms with Crippen LogP contribution < -0.4 is 11.2 Å². The molecule has 0 bridgehead atoms. The molecule has 0 aliphatic rings. The molecule has 2 N–H and O–H groups in total. The van der Waals surface area contributed by atoms with E-state index in [2.05, 4.69) is 4.98 Å². The molecule has 0 radical (unpaired) electrons. The molecule has 0 aromatic carbocycles. The van der Waals surface area contributed by atoms with Gasteiger partial charge >= 0.3 is 0 Å². The Hall–Kier alpha value is -0.820. The highest BCUT2D eigenvalue weighted by atomic mass is 31.2. The van der Waals surface area contributed by atoms with E-state index in [9.17, 15) is 4.57 Å². The van der Waals surface area contributed by atoms with E-state index < -0.39 is 7.14 Å². The zero-order valence-corrected chi connectivity index (χ0v) is 7.51. The molecular weight excluding hydrogens is 159 g/mol. The molecule has 0 saturated heterocycles. The minimum Gasteiger partial charge on any atom is -0.397 e. The summed E-state index contributed by atoms with van der Waals surface area (Å²) in [5, 5.41) is 0. The summed E-state index contributed by atoms with van der Waals surface area (Å²) in [4.78, 5) is 3.96. The van der Waals surface area contributed by atoms with Crippen LogP contribution in [0.1, 0.15) is 0 Å². The van der Waals surface area contributed by atoms with Crippen molar-refractivity contribution in [1.82, 2.24) is 4.98 Å². The van der Waals surface area contributed by atoms with Crippen molar-refractivity contribution in [1.29, 1.82) is 0 Å². The fourth-order valence-electron chi connectivity index (χ4n) is 0.716. The molecule has 60 valence electrons. The number of hydrogen-bond acceptors (Lipinski definition) is 3. The van der Waals surface area contributed by atoms with E-state index in [0.717, 1.165) is 0 Å². The number of pyridine rings is 1. The highest BCUT2D eigenvalue weighted by Crippen LogP contribution is 2.33. The fraction of sp³-hybridized carbons (Fsp3) is 0.286. The summed E-state index contributed by atoms with van der Waals surface area (Å²) < 4.78 is 11.4. The average Bonchev–Trinajstić information content (AvgIpc) is 1.86. The van der Waals surface area contributed by atoms with Crippen molar-refractivity contribution in [3.63, 3.8) is 0 Å². The lowest BCUT2D eigenvalue weighted by atomic mass is 10.4. The van der Waals surface area contributed by atoms with Crippen molar-refractivity contribution in [2.24, 2.45) is 0 Å². The Morgan fingerprint density at radius 3 is 2.45 bits per heavy atom. The molecule has 1 aromatic heterocycles. The Morgan fingerprint density at radius 1 is 1.45 bits per heavy atom. The van der Waals surface area contributed by atoms with Crippen molar-refractivity contribution >= 4 is 18.3 Å². The second-order valence-electron chi connectivity index (χ2n) is 2.80. The number of nitrogens with two attached hydrogens (primary N) is 1. The van der Waals surface area contributed by atoms with Gasteiger partial charge in [0.2, 0.25) is 0 Å². The minimum atomic E-state index is -2.20. The summed E-state index contributed by atoms with van der Waals surface area (Å²) in [6, 6.07) is 3.41. The molecule has 0 unspecified atom stereocenters. The lowest BCUT2D eigenvalue weighted by Crippen LogP contribution is -2.07. The van der Waals surface area contributed by atoms with E-state index in [1.165, 1.54) is 6.20 Å². The molecule has 0 aliphatic heterocycles. The first-order valence-electron chi connectivity index (χ1n) is 3.27. The first-order chi connectivity index (χ1) is 5.00. The number of nitrogen functional groups attached to an aromatic ring is 1. The van der Waals surface area contributed by atoms with Crippen LogP contribution in [0, 0.1) is 0 Å². The molecule has 3 nitrogen and oxygen atoms in total. The highest BCUT2D eigenvalue weighted by Gasteiger charge is 2.11. The Labute approximate surface area is 66.0 Å². The monoisotopic (exact) mass is 170 g/mol. The van der Waals surface area contributed by atoms with Crippen LogP contribution in [0.2, 0.25) is 0 Å². The SMILES string of the molecule is CP(C)(=O)c1ccc(N)cn1. The third-order valence-electron chi connectivity index (χ3n) is 1.32. The van der Waals surface area contributed by atoms with Crippen molar-refractivity contribution in [3.05, 3.63) is 18.3 Å². The van der Waals surface area contributed by atoms with Crippen molar-refractivity contribution in [3.8, 4) is 0 Å². The second-order valence-corrected chi connectivity index (χ2v) is 5.96. The van der Waals surface area contributed by atoms with Crippen molar-refractivity contribution in [2.75, 3.05) is 19.1 Å². The Balaban J connectivity index is 3.09. The molecule has 1 aromatic rings. The third kappa shape index (κ3) is 2.05. The Kier molecular flexibility index (Phi) is 2.01. The second kappa shape index (κ2) is 2.67. The van der Waals surface area contributed by atoms with Gasteiger partial charge in [0.05, 0.1) is 17.3 Å². The molecular formula is C7H11N2OP. The molecule has 4 heteroatoms. The van der Waals surface area contributed by atoms with Crippen LogP contribution in [0.25, 0.3) is 0 Å². The van der Waals surface area contributed by atoms with E-state index in [4.69, 9.17) is 5.73 Å². The smallest absolute Gasteiger partial charge is 0.127 e. The van der Waals surface area contributed by atoms with Crippen molar-refractivity contribution < 1.29 is 4.57 Å². The molecule has 11 heavy (non-hydrogen) atoms.